The predicted octanol–water partition coefficient (Wildman–Crippen LogP) is 3.95. The Labute approximate surface area is 194 Å². The van der Waals surface area contributed by atoms with E-state index in [4.69, 9.17) is 4.74 Å². The van der Waals surface area contributed by atoms with Crippen molar-refractivity contribution in [3.63, 3.8) is 0 Å². The van der Waals surface area contributed by atoms with Crippen LogP contribution in [0.3, 0.4) is 0 Å². The monoisotopic (exact) mass is 445 g/mol. The van der Waals surface area contributed by atoms with Gasteiger partial charge in [-0.3, -0.25) is 4.79 Å². The van der Waals surface area contributed by atoms with Gasteiger partial charge >= 0.3 is 0 Å². The number of hydrogen-bond acceptors (Lipinski definition) is 4. The molecule has 1 amide bonds. The molecule has 5 heteroatoms. The number of nitrogens with zero attached hydrogens (tertiary/aromatic N) is 1. The molecule has 0 aromatic carbocycles. The Morgan fingerprint density at radius 2 is 1.91 bits per heavy atom. The van der Waals surface area contributed by atoms with E-state index in [1.165, 1.54) is 5.57 Å². The predicted molar refractivity (Wildman–Crippen MR) is 129 cm³/mol. The largest absolute Gasteiger partial charge is 0.392 e. The van der Waals surface area contributed by atoms with Crippen LogP contribution in [0, 0.1) is 35.5 Å². The fourth-order valence-corrected chi connectivity index (χ4v) is 5.33. The highest BCUT2D eigenvalue weighted by Gasteiger charge is 2.45. The lowest BCUT2D eigenvalue weighted by atomic mass is 9.89. The summed E-state index contributed by atoms with van der Waals surface area (Å²) in [5, 5.41) is 20.9. The third-order valence-corrected chi connectivity index (χ3v) is 6.94. The summed E-state index contributed by atoms with van der Waals surface area (Å²) < 4.78 is 5.67. The molecule has 0 radical (unpaired) electrons. The molecular formula is C27H43NO4. The van der Waals surface area contributed by atoms with Crippen LogP contribution in [-0.2, 0) is 9.53 Å². The Hall–Kier alpha value is -1.61. The number of allylic oxidation sites excluding steroid dienone is 1. The van der Waals surface area contributed by atoms with Crippen LogP contribution in [-0.4, -0.2) is 58.5 Å². The van der Waals surface area contributed by atoms with E-state index in [0.29, 0.717) is 24.9 Å². The molecule has 2 N–H and O–H groups in total. The molecule has 32 heavy (non-hydrogen) atoms. The van der Waals surface area contributed by atoms with E-state index in [9.17, 15) is 15.0 Å². The Balaban J connectivity index is 1.85. The molecule has 2 aliphatic carbocycles. The van der Waals surface area contributed by atoms with Crippen LogP contribution in [0.1, 0.15) is 67.2 Å². The first-order valence-electron chi connectivity index (χ1n) is 12.2. The van der Waals surface area contributed by atoms with Gasteiger partial charge in [-0.2, -0.15) is 0 Å². The zero-order valence-electron chi connectivity index (χ0n) is 20.8. The van der Waals surface area contributed by atoms with E-state index in [2.05, 4.69) is 17.9 Å². The minimum absolute atomic E-state index is 0.0303. The van der Waals surface area contributed by atoms with Gasteiger partial charge in [-0.05, 0) is 71.6 Å². The maximum Gasteiger partial charge on any atom is 0.249 e. The molecule has 2 saturated carbocycles. The summed E-state index contributed by atoms with van der Waals surface area (Å²) in [5.74, 6) is 6.97. The highest BCUT2D eigenvalue weighted by Crippen LogP contribution is 2.50. The maximum atomic E-state index is 12.4. The summed E-state index contributed by atoms with van der Waals surface area (Å²) in [4.78, 5) is 14.3. The van der Waals surface area contributed by atoms with Crippen molar-refractivity contribution >= 4 is 5.91 Å². The molecule has 2 aliphatic rings. The number of carbonyl (C=O) groups is 1. The van der Waals surface area contributed by atoms with Crippen LogP contribution < -0.4 is 0 Å². The number of aliphatic hydroxyl groups is 2. The fourth-order valence-electron chi connectivity index (χ4n) is 5.33. The average molecular weight is 446 g/mol. The zero-order valence-corrected chi connectivity index (χ0v) is 20.8. The Morgan fingerprint density at radius 3 is 2.53 bits per heavy atom. The van der Waals surface area contributed by atoms with Gasteiger partial charge in [0.1, 0.15) is 6.61 Å². The number of amides is 1. The van der Waals surface area contributed by atoms with Gasteiger partial charge in [0.2, 0.25) is 5.91 Å². The third kappa shape index (κ3) is 7.20. The van der Waals surface area contributed by atoms with Gasteiger partial charge in [0.15, 0.2) is 0 Å². The maximum absolute atomic E-state index is 12.4. The lowest BCUT2D eigenvalue weighted by Gasteiger charge is -2.30. The summed E-state index contributed by atoms with van der Waals surface area (Å²) in [6.45, 7) is 12.5. The third-order valence-electron chi connectivity index (χ3n) is 6.94. The Morgan fingerprint density at radius 1 is 1.22 bits per heavy atom. The van der Waals surface area contributed by atoms with Crippen molar-refractivity contribution in [1.82, 2.24) is 4.90 Å². The van der Waals surface area contributed by atoms with Gasteiger partial charge < -0.3 is 19.8 Å². The minimum Gasteiger partial charge on any atom is -0.392 e. The summed E-state index contributed by atoms with van der Waals surface area (Å²) >= 11 is 0. The summed E-state index contributed by atoms with van der Waals surface area (Å²) in [7, 11) is 0. The second-order valence-corrected chi connectivity index (χ2v) is 10.1. The molecule has 0 saturated heterocycles. The van der Waals surface area contributed by atoms with Gasteiger partial charge in [-0.1, -0.05) is 30.7 Å². The van der Waals surface area contributed by atoms with Crippen LogP contribution in [0.4, 0.5) is 0 Å². The molecule has 0 aromatic rings. The van der Waals surface area contributed by atoms with Gasteiger partial charge in [-0.25, -0.2) is 0 Å². The van der Waals surface area contributed by atoms with Crippen LogP contribution in [0.25, 0.3) is 0 Å². The van der Waals surface area contributed by atoms with E-state index in [-0.39, 0.29) is 42.5 Å². The van der Waals surface area contributed by atoms with Crippen LogP contribution in [0.15, 0.2) is 23.8 Å². The van der Waals surface area contributed by atoms with Crippen molar-refractivity contribution in [2.24, 2.45) is 23.7 Å². The van der Waals surface area contributed by atoms with Gasteiger partial charge in [-0.15, -0.1) is 11.8 Å². The number of aliphatic hydroxyl groups excluding tert-OH is 2. The normalized spacial score (nSPS) is 28.2. The van der Waals surface area contributed by atoms with E-state index in [1.54, 1.807) is 0 Å². The van der Waals surface area contributed by atoms with Crippen LogP contribution in [0.2, 0.25) is 0 Å². The van der Waals surface area contributed by atoms with Gasteiger partial charge in [0.05, 0.1) is 18.8 Å². The second-order valence-electron chi connectivity index (χ2n) is 10.1. The standard InChI is InChI=1S/C27H43NO4/c1-7-8-9-20(6)25(29)11-10-23-24-15-21(14-22(24)16-26(23)30)12-13-32-17-27(31)28(18(2)3)19(4)5/h10-12,18-20,22-26,29-30H,9,13-17H2,1-6H3/b11-10+,21-12?/t20-,22-,23+,24-,25-,26+/m0/s1. The zero-order chi connectivity index (χ0) is 23.8. The molecule has 6 atom stereocenters. The molecule has 0 unspecified atom stereocenters. The van der Waals surface area contributed by atoms with E-state index < -0.39 is 6.10 Å². The summed E-state index contributed by atoms with van der Waals surface area (Å²) in [5.41, 5.74) is 1.36. The number of fused-ring (bicyclic) bond motifs is 1. The summed E-state index contributed by atoms with van der Waals surface area (Å²) in [6.07, 6.45) is 8.53. The minimum atomic E-state index is -0.541. The highest BCUT2D eigenvalue weighted by molar-refractivity contribution is 5.78. The number of hydrogen-bond donors (Lipinski definition) is 2. The fraction of sp³-hybridized carbons (Fsp3) is 0.741. The second kappa shape index (κ2) is 12.6. The first kappa shape index (κ1) is 26.6. The molecule has 2 fully saturated rings. The molecule has 0 heterocycles. The summed E-state index contributed by atoms with van der Waals surface area (Å²) in [6, 6.07) is 0.326. The first-order chi connectivity index (χ1) is 15.1. The molecule has 0 aliphatic heterocycles. The SMILES string of the molecule is CC#CC[C@H](C)[C@@H](O)/C=C/[C@@H]1[C@H]2CC(=CCOCC(=O)N(C(C)C)C(C)C)C[C@H]2C[C@H]1O. The lowest BCUT2D eigenvalue weighted by Crippen LogP contribution is -2.43. The number of ether oxygens (including phenoxy) is 1. The molecular weight excluding hydrogens is 402 g/mol. The molecule has 0 aromatic heterocycles. The Kier molecular flexibility index (Phi) is 10.5. The van der Waals surface area contributed by atoms with Crippen molar-refractivity contribution in [1.29, 1.82) is 0 Å². The van der Waals surface area contributed by atoms with Gasteiger partial charge in [0.25, 0.3) is 0 Å². The van der Waals surface area contributed by atoms with E-state index >= 15 is 0 Å². The highest BCUT2D eigenvalue weighted by atomic mass is 16.5. The quantitative estimate of drug-likeness (QED) is 0.303. The Bertz CT molecular complexity index is 722. The van der Waals surface area contributed by atoms with Crippen molar-refractivity contribution in [2.45, 2.75) is 91.5 Å². The molecule has 0 bridgehead atoms. The number of carbonyl (C=O) groups excluding carboxylic acids is 1. The average Bonchev–Trinajstić information content (AvgIpc) is 3.23. The molecule has 2 rings (SSSR count). The van der Waals surface area contributed by atoms with Crippen molar-refractivity contribution in [3.8, 4) is 11.8 Å². The first-order valence-corrected chi connectivity index (χ1v) is 12.2. The smallest absolute Gasteiger partial charge is 0.249 e. The van der Waals surface area contributed by atoms with Crippen molar-refractivity contribution in [3.05, 3.63) is 23.8 Å². The van der Waals surface area contributed by atoms with Crippen LogP contribution >= 0.6 is 0 Å². The van der Waals surface area contributed by atoms with Crippen molar-refractivity contribution in [2.75, 3.05) is 13.2 Å². The lowest BCUT2D eigenvalue weighted by molar-refractivity contribution is -0.139. The topological polar surface area (TPSA) is 70.0 Å². The van der Waals surface area contributed by atoms with E-state index in [1.807, 2.05) is 58.6 Å². The molecule has 5 nitrogen and oxygen atoms in total. The van der Waals surface area contributed by atoms with E-state index in [0.717, 1.165) is 19.3 Å². The van der Waals surface area contributed by atoms with Gasteiger partial charge in [0, 0.05) is 24.4 Å². The van der Waals surface area contributed by atoms with Crippen molar-refractivity contribution < 1.29 is 19.7 Å². The molecule has 0 spiro atoms. The molecule has 180 valence electrons. The van der Waals surface area contributed by atoms with Crippen LogP contribution in [0.5, 0.6) is 0 Å². The number of rotatable bonds is 10.